The number of nitrogens with zero attached hydrogens (tertiary/aromatic N) is 1. The Morgan fingerprint density at radius 2 is 1.95 bits per heavy atom. The number of anilines is 1. The second-order valence-corrected chi connectivity index (χ2v) is 4.69. The van der Waals surface area contributed by atoms with Crippen molar-refractivity contribution in [1.82, 2.24) is 5.06 Å². The highest BCUT2D eigenvalue weighted by atomic mass is 16.7. The first-order chi connectivity index (χ1) is 10.4. The summed E-state index contributed by atoms with van der Waals surface area (Å²) in [4.78, 5) is 50.9. The van der Waals surface area contributed by atoms with Crippen molar-refractivity contribution in [2.45, 2.75) is 25.8 Å². The van der Waals surface area contributed by atoms with Gasteiger partial charge in [0.05, 0.1) is 18.0 Å². The standard InChI is InChI=1S/C14H15N3O5/c1-2-11(18)16-9-5-3-8(4-6-9)14(21)22-17-12(19)7-10(15)13(17)20/h3-6,10H,2,7,15H2,1H3,(H,16,18). The Balaban J connectivity index is 2.03. The second kappa shape index (κ2) is 6.35. The summed E-state index contributed by atoms with van der Waals surface area (Å²) in [7, 11) is 0. The lowest BCUT2D eigenvalue weighted by Crippen LogP contribution is -2.37. The molecule has 1 atom stereocenters. The minimum absolute atomic E-state index is 0.135. The maximum Gasteiger partial charge on any atom is 0.363 e. The summed E-state index contributed by atoms with van der Waals surface area (Å²) in [5.74, 6) is -2.41. The van der Waals surface area contributed by atoms with Gasteiger partial charge in [-0.25, -0.2) is 4.79 Å². The quantitative estimate of drug-likeness (QED) is 0.767. The van der Waals surface area contributed by atoms with Gasteiger partial charge in [-0.15, -0.1) is 5.06 Å². The normalized spacial score (nSPS) is 17.5. The molecule has 8 heteroatoms. The maximum absolute atomic E-state index is 11.9. The third-order valence-electron chi connectivity index (χ3n) is 3.04. The van der Waals surface area contributed by atoms with Crippen molar-refractivity contribution in [1.29, 1.82) is 0 Å². The molecular formula is C14H15N3O5. The van der Waals surface area contributed by atoms with Gasteiger partial charge < -0.3 is 15.9 Å². The summed E-state index contributed by atoms with van der Waals surface area (Å²) in [6.07, 6.45) is 0.150. The molecule has 22 heavy (non-hydrogen) atoms. The average Bonchev–Trinajstić information content (AvgIpc) is 2.74. The van der Waals surface area contributed by atoms with Crippen LogP contribution in [0.5, 0.6) is 0 Å². The van der Waals surface area contributed by atoms with E-state index in [1.54, 1.807) is 6.92 Å². The van der Waals surface area contributed by atoms with Crippen LogP contribution >= 0.6 is 0 Å². The number of nitrogens with two attached hydrogens (primary N) is 1. The van der Waals surface area contributed by atoms with E-state index in [4.69, 9.17) is 10.6 Å². The number of amides is 3. The molecule has 116 valence electrons. The molecule has 1 saturated heterocycles. The average molecular weight is 305 g/mol. The summed E-state index contributed by atoms with van der Waals surface area (Å²) in [5, 5.41) is 3.01. The molecule has 1 aromatic rings. The van der Waals surface area contributed by atoms with E-state index in [-0.39, 0.29) is 17.9 Å². The first-order valence-corrected chi connectivity index (χ1v) is 6.67. The minimum Gasteiger partial charge on any atom is -0.326 e. The van der Waals surface area contributed by atoms with E-state index in [1.165, 1.54) is 24.3 Å². The van der Waals surface area contributed by atoms with Crippen LogP contribution in [0.3, 0.4) is 0 Å². The van der Waals surface area contributed by atoms with Crippen LogP contribution in [0, 0.1) is 0 Å². The Labute approximate surface area is 126 Å². The third kappa shape index (κ3) is 3.29. The monoisotopic (exact) mass is 305 g/mol. The lowest BCUT2D eigenvalue weighted by atomic mass is 10.2. The number of carbonyl (C=O) groups excluding carboxylic acids is 4. The van der Waals surface area contributed by atoms with Gasteiger partial charge in [-0.2, -0.15) is 0 Å². The molecule has 1 fully saturated rings. The van der Waals surface area contributed by atoms with Crippen LogP contribution in [0.1, 0.15) is 30.1 Å². The number of hydrogen-bond acceptors (Lipinski definition) is 6. The van der Waals surface area contributed by atoms with Crippen molar-refractivity contribution in [3.05, 3.63) is 29.8 Å². The number of rotatable bonds is 4. The van der Waals surface area contributed by atoms with Crippen LogP contribution in [0.4, 0.5) is 5.69 Å². The van der Waals surface area contributed by atoms with Crippen molar-refractivity contribution in [2.75, 3.05) is 5.32 Å². The van der Waals surface area contributed by atoms with Crippen LogP contribution in [-0.2, 0) is 19.2 Å². The molecule has 0 aromatic heterocycles. The van der Waals surface area contributed by atoms with E-state index in [1.807, 2.05) is 0 Å². The van der Waals surface area contributed by atoms with Crippen molar-refractivity contribution < 1.29 is 24.0 Å². The number of benzene rings is 1. The van der Waals surface area contributed by atoms with Crippen LogP contribution in [0.15, 0.2) is 24.3 Å². The zero-order valence-corrected chi connectivity index (χ0v) is 11.9. The van der Waals surface area contributed by atoms with E-state index < -0.39 is 23.8 Å². The molecule has 1 unspecified atom stereocenters. The fourth-order valence-corrected chi connectivity index (χ4v) is 1.80. The maximum atomic E-state index is 11.9. The number of hydrogen-bond donors (Lipinski definition) is 2. The van der Waals surface area contributed by atoms with Gasteiger partial charge >= 0.3 is 5.97 Å². The smallest absolute Gasteiger partial charge is 0.326 e. The molecular weight excluding hydrogens is 290 g/mol. The van der Waals surface area contributed by atoms with E-state index in [9.17, 15) is 19.2 Å². The van der Waals surface area contributed by atoms with Gasteiger partial charge in [0.15, 0.2) is 0 Å². The van der Waals surface area contributed by atoms with Crippen molar-refractivity contribution in [3.63, 3.8) is 0 Å². The van der Waals surface area contributed by atoms with Crippen molar-refractivity contribution >= 4 is 29.4 Å². The lowest BCUT2D eigenvalue weighted by Gasteiger charge is -2.13. The van der Waals surface area contributed by atoms with Gasteiger partial charge in [0, 0.05) is 12.1 Å². The van der Waals surface area contributed by atoms with Crippen molar-refractivity contribution in [2.24, 2.45) is 5.73 Å². The van der Waals surface area contributed by atoms with E-state index in [0.717, 1.165) is 0 Å². The molecule has 8 nitrogen and oxygen atoms in total. The second-order valence-electron chi connectivity index (χ2n) is 4.69. The SMILES string of the molecule is CCC(=O)Nc1ccc(C(=O)ON2C(=O)CC(N)C2=O)cc1. The predicted molar refractivity (Wildman–Crippen MR) is 75.2 cm³/mol. The number of imide groups is 1. The number of hydroxylamine groups is 2. The van der Waals surface area contributed by atoms with Gasteiger partial charge in [-0.3, -0.25) is 14.4 Å². The molecule has 3 N–H and O–H groups in total. The molecule has 2 rings (SSSR count). The molecule has 0 bridgehead atoms. The summed E-state index contributed by atoms with van der Waals surface area (Å²) in [5.41, 5.74) is 6.07. The van der Waals surface area contributed by atoms with Gasteiger partial charge in [-0.05, 0) is 24.3 Å². The first-order valence-electron chi connectivity index (χ1n) is 6.67. The van der Waals surface area contributed by atoms with Crippen LogP contribution in [0.2, 0.25) is 0 Å². The van der Waals surface area contributed by atoms with E-state index >= 15 is 0 Å². The summed E-state index contributed by atoms with van der Waals surface area (Å²) in [6.45, 7) is 1.72. The summed E-state index contributed by atoms with van der Waals surface area (Å²) >= 11 is 0. The highest BCUT2D eigenvalue weighted by molar-refractivity contribution is 6.05. The topological polar surface area (TPSA) is 119 Å². The fourth-order valence-electron chi connectivity index (χ4n) is 1.80. The largest absolute Gasteiger partial charge is 0.363 e. The minimum atomic E-state index is -0.980. The fraction of sp³-hybridized carbons (Fsp3) is 0.286. The molecule has 1 aliphatic rings. The van der Waals surface area contributed by atoms with Gasteiger partial charge in [0.1, 0.15) is 0 Å². The molecule has 1 aliphatic heterocycles. The predicted octanol–water partition coefficient (Wildman–Crippen LogP) is 0.193. The molecule has 1 heterocycles. The first kappa shape index (κ1) is 15.6. The molecule has 0 spiro atoms. The Bertz CT molecular complexity index is 626. The van der Waals surface area contributed by atoms with Crippen molar-refractivity contribution in [3.8, 4) is 0 Å². The molecule has 0 saturated carbocycles. The van der Waals surface area contributed by atoms with Crippen LogP contribution in [-0.4, -0.2) is 34.8 Å². The number of nitrogens with one attached hydrogen (secondary N) is 1. The van der Waals surface area contributed by atoms with E-state index in [0.29, 0.717) is 17.2 Å². The molecule has 0 radical (unpaired) electrons. The Kier molecular flexibility index (Phi) is 4.52. The lowest BCUT2D eigenvalue weighted by molar-refractivity contribution is -0.173. The summed E-state index contributed by atoms with van der Waals surface area (Å²) < 4.78 is 0. The molecule has 0 aliphatic carbocycles. The number of carbonyl (C=O) groups is 4. The van der Waals surface area contributed by atoms with Gasteiger partial charge in [0.2, 0.25) is 5.91 Å². The zero-order valence-electron chi connectivity index (χ0n) is 11.9. The Hall–Kier alpha value is -2.74. The van der Waals surface area contributed by atoms with E-state index in [2.05, 4.69) is 5.32 Å². The summed E-state index contributed by atoms with van der Waals surface area (Å²) in [6, 6.07) is 4.89. The Morgan fingerprint density at radius 1 is 1.32 bits per heavy atom. The molecule has 3 amide bonds. The van der Waals surface area contributed by atoms with Crippen LogP contribution < -0.4 is 11.1 Å². The molecule has 1 aromatic carbocycles. The van der Waals surface area contributed by atoms with Crippen LogP contribution in [0.25, 0.3) is 0 Å². The Morgan fingerprint density at radius 3 is 2.45 bits per heavy atom. The zero-order chi connectivity index (χ0) is 16.3. The highest BCUT2D eigenvalue weighted by Gasteiger charge is 2.39. The third-order valence-corrected chi connectivity index (χ3v) is 3.04. The highest BCUT2D eigenvalue weighted by Crippen LogP contribution is 2.15. The van der Waals surface area contributed by atoms with Gasteiger partial charge in [0.25, 0.3) is 11.8 Å². The van der Waals surface area contributed by atoms with Gasteiger partial charge in [-0.1, -0.05) is 6.92 Å².